The van der Waals surface area contributed by atoms with Gasteiger partial charge in [0, 0.05) is 59.6 Å². The van der Waals surface area contributed by atoms with Crippen LogP contribution in [0.5, 0.6) is 0 Å². The minimum absolute atomic E-state index is 0. The summed E-state index contributed by atoms with van der Waals surface area (Å²) in [6, 6.07) is 0.536. The van der Waals surface area contributed by atoms with Gasteiger partial charge in [-0.25, -0.2) is 0 Å². The van der Waals surface area contributed by atoms with Gasteiger partial charge < -0.3 is 25.0 Å². The van der Waals surface area contributed by atoms with Gasteiger partial charge in [0.15, 0.2) is 5.96 Å². The summed E-state index contributed by atoms with van der Waals surface area (Å²) in [7, 11) is 3.65. The minimum Gasteiger partial charge on any atom is -0.385 e. The van der Waals surface area contributed by atoms with E-state index < -0.39 is 0 Å². The molecule has 0 aromatic heterocycles. The van der Waals surface area contributed by atoms with Crippen LogP contribution in [0, 0.1) is 0 Å². The number of guanidine groups is 1. The van der Waals surface area contributed by atoms with Gasteiger partial charge in [-0.3, -0.25) is 4.99 Å². The van der Waals surface area contributed by atoms with Gasteiger partial charge in [-0.05, 0) is 51.4 Å². The van der Waals surface area contributed by atoms with Crippen molar-refractivity contribution in [1.82, 2.24) is 15.5 Å². The quantitative estimate of drug-likeness (QED) is 0.176. The molecule has 2 N–H and O–H groups in total. The fraction of sp³-hybridized carbons (Fsp3) is 0.955. The molecular weight excluding hydrogens is 479 g/mol. The first-order valence-corrected chi connectivity index (χ1v) is 11.6. The molecule has 172 valence electrons. The van der Waals surface area contributed by atoms with Crippen LogP contribution in [0.2, 0.25) is 0 Å². The van der Waals surface area contributed by atoms with Gasteiger partial charge >= 0.3 is 0 Å². The summed E-state index contributed by atoms with van der Waals surface area (Å²) in [6.07, 6.45) is 14.3. The zero-order chi connectivity index (χ0) is 19.9. The molecule has 0 atom stereocenters. The molecule has 0 amide bonds. The van der Waals surface area contributed by atoms with E-state index >= 15 is 0 Å². The second-order valence-electron chi connectivity index (χ2n) is 8.30. The Morgan fingerprint density at radius 1 is 0.966 bits per heavy atom. The third-order valence-corrected chi connectivity index (χ3v) is 5.99. The molecule has 7 heteroatoms. The first-order chi connectivity index (χ1) is 13.8. The van der Waals surface area contributed by atoms with Crippen molar-refractivity contribution in [2.24, 2.45) is 4.99 Å². The highest BCUT2D eigenvalue weighted by molar-refractivity contribution is 14.0. The average molecular weight is 525 g/mol. The number of unbranched alkanes of at least 4 members (excludes halogenated alkanes) is 2. The van der Waals surface area contributed by atoms with Crippen molar-refractivity contribution in [2.75, 3.05) is 53.6 Å². The van der Waals surface area contributed by atoms with E-state index in [1.165, 1.54) is 77.3 Å². The average Bonchev–Trinajstić information content (AvgIpc) is 2.74. The number of ether oxygens (including phenoxy) is 2. The van der Waals surface area contributed by atoms with Gasteiger partial charge in [0.2, 0.25) is 0 Å². The highest BCUT2D eigenvalue weighted by Gasteiger charge is 2.19. The lowest BCUT2D eigenvalue weighted by Gasteiger charge is -2.33. The molecule has 1 aliphatic heterocycles. The van der Waals surface area contributed by atoms with Gasteiger partial charge in [-0.15, -0.1) is 24.0 Å². The predicted octanol–water partition coefficient (Wildman–Crippen LogP) is 3.79. The maximum atomic E-state index is 6.00. The summed E-state index contributed by atoms with van der Waals surface area (Å²) >= 11 is 0. The number of hydrogen-bond donors (Lipinski definition) is 2. The van der Waals surface area contributed by atoms with Crippen LogP contribution in [0.1, 0.15) is 70.6 Å². The molecule has 2 aliphatic rings. The molecule has 2 rings (SSSR count). The summed E-state index contributed by atoms with van der Waals surface area (Å²) in [6.45, 7) is 6.26. The Hall–Kier alpha value is -0.120. The van der Waals surface area contributed by atoms with Crippen molar-refractivity contribution < 1.29 is 9.47 Å². The molecule has 0 unspecified atom stereocenters. The normalized spacial score (nSPS) is 19.7. The molecule has 2 fully saturated rings. The van der Waals surface area contributed by atoms with E-state index in [0.717, 1.165) is 38.7 Å². The van der Waals surface area contributed by atoms with Crippen LogP contribution in [0.3, 0.4) is 0 Å². The Labute approximate surface area is 196 Å². The SMILES string of the molecule is CN=C(NCCCCCOC1CCCCC1)NC1CCN(CCCOC)CC1.I. The summed E-state index contributed by atoms with van der Waals surface area (Å²) in [4.78, 5) is 6.94. The van der Waals surface area contributed by atoms with E-state index in [4.69, 9.17) is 9.47 Å². The Morgan fingerprint density at radius 3 is 2.41 bits per heavy atom. The molecule has 29 heavy (non-hydrogen) atoms. The number of rotatable bonds is 12. The molecule has 1 saturated carbocycles. The molecule has 1 heterocycles. The van der Waals surface area contributed by atoms with Crippen molar-refractivity contribution in [2.45, 2.75) is 82.8 Å². The number of likely N-dealkylation sites (tertiary alicyclic amines) is 1. The highest BCUT2D eigenvalue weighted by Crippen LogP contribution is 2.20. The van der Waals surface area contributed by atoms with Gasteiger partial charge in [0.05, 0.1) is 6.10 Å². The van der Waals surface area contributed by atoms with E-state index in [1.54, 1.807) is 7.11 Å². The van der Waals surface area contributed by atoms with E-state index in [0.29, 0.717) is 12.1 Å². The van der Waals surface area contributed by atoms with Gasteiger partial charge in [0.25, 0.3) is 0 Å². The van der Waals surface area contributed by atoms with E-state index in [9.17, 15) is 0 Å². The predicted molar refractivity (Wildman–Crippen MR) is 133 cm³/mol. The lowest BCUT2D eigenvalue weighted by molar-refractivity contribution is 0.0264. The third-order valence-electron chi connectivity index (χ3n) is 5.99. The summed E-state index contributed by atoms with van der Waals surface area (Å²) in [5, 5.41) is 7.08. The van der Waals surface area contributed by atoms with Gasteiger partial charge in [-0.1, -0.05) is 19.3 Å². The first kappa shape index (κ1) is 26.9. The molecule has 0 radical (unpaired) electrons. The van der Waals surface area contributed by atoms with Crippen molar-refractivity contribution in [3.63, 3.8) is 0 Å². The standard InChI is InChI=1S/C22H44N4O2.HI/c1-23-22(25-20-12-16-26(17-13-20)15-9-18-27-2)24-14-7-4-8-19-28-21-10-5-3-6-11-21;/h20-21H,3-19H2,1-2H3,(H2,23,24,25);1H. The second-order valence-corrected chi connectivity index (χ2v) is 8.30. The molecule has 1 saturated heterocycles. The van der Waals surface area contributed by atoms with Crippen LogP contribution < -0.4 is 10.6 Å². The fourth-order valence-electron chi connectivity index (χ4n) is 4.21. The van der Waals surface area contributed by atoms with Gasteiger partial charge in [0.1, 0.15) is 0 Å². The largest absolute Gasteiger partial charge is 0.385 e. The molecular formula is C22H45IN4O2. The number of piperidine rings is 1. The van der Waals surface area contributed by atoms with Crippen molar-refractivity contribution in [1.29, 1.82) is 0 Å². The first-order valence-electron chi connectivity index (χ1n) is 11.6. The molecule has 1 aliphatic carbocycles. The lowest BCUT2D eigenvalue weighted by atomic mass is 9.98. The van der Waals surface area contributed by atoms with Gasteiger partial charge in [-0.2, -0.15) is 0 Å². The zero-order valence-corrected chi connectivity index (χ0v) is 21.1. The Balaban J connectivity index is 0.00000420. The number of aliphatic imine (C=N–C) groups is 1. The van der Waals surface area contributed by atoms with Crippen molar-refractivity contribution in [3.05, 3.63) is 0 Å². The fourth-order valence-corrected chi connectivity index (χ4v) is 4.21. The monoisotopic (exact) mass is 524 g/mol. The highest BCUT2D eigenvalue weighted by atomic mass is 127. The van der Waals surface area contributed by atoms with Crippen LogP contribution in [-0.2, 0) is 9.47 Å². The molecule has 0 aromatic carbocycles. The van der Waals surface area contributed by atoms with Crippen LogP contribution in [0.15, 0.2) is 4.99 Å². The number of nitrogens with one attached hydrogen (secondary N) is 2. The second kappa shape index (κ2) is 17.5. The maximum Gasteiger partial charge on any atom is 0.191 e. The number of hydrogen-bond acceptors (Lipinski definition) is 4. The maximum absolute atomic E-state index is 6.00. The number of methoxy groups -OCH3 is 1. The molecule has 0 spiro atoms. The smallest absolute Gasteiger partial charge is 0.191 e. The van der Waals surface area contributed by atoms with Crippen LogP contribution in [0.4, 0.5) is 0 Å². The molecule has 6 nitrogen and oxygen atoms in total. The molecule has 0 aromatic rings. The summed E-state index contributed by atoms with van der Waals surface area (Å²) in [5.41, 5.74) is 0. The summed E-state index contributed by atoms with van der Waals surface area (Å²) in [5.74, 6) is 0.955. The zero-order valence-electron chi connectivity index (χ0n) is 18.8. The summed E-state index contributed by atoms with van der Waals surface area (Å²) < 4.78 is 11.2. The van der Waals surface area contributed by atoms with E-state index in [2.05, 4.69) is 20.5 Å². The van der Waals surface area contributed by atoms with E-state index in [-0.39, 0.29) is 24.0 Å². The Bertz CT molecular complexity index is 412. The van der Waals surface area contributed by atoms with E-state index in [1.807, 2.05) is 7.05 Å². The number of halogens is 1. The van der Waals surface area contributed by atoms with Crippen molar-refractivity contribution in [3.8, 4) is 0 Å². The van der Waals surface area contributed by atoms with Crippen LogP contribution in [-0.4, -0.2) is 76.6 Å². The lowest BCUT2D eigenvalue weighted by Crippen LogP contribution is -2.49. The van der Waals surface area contributed by atoms with Crippen molar-refractivity contribution >= 4 is 29.9 Å². The van der Waals surface area contributed by atoms with Crippen LogP contribution >= 0.6 is 24.0 Å². The molecule has 0 bridgehead atoms. The topological polar surface area (TPSA) is 58.1 Å². The van der Waals surface area contributed by atoms with Crippen LogP contribution in [0.25, 0.3) is 0 Å². The minimum atomic E-state index is 0. The Kier molecular flexibility index (Phi) is 16.3. The Morgan fingerprint density at radius 2 is 1.72 bits per heavy atom. The third kappa shape index (κ3) is 12.4. The number of nitrogens with zero attached hydrogens (tertiary/aromatic N) is 2.